The maximum Gasteiger partial charge on any atom is 0.123 e. The van der Waals surface area contributed by atoms with E-state index in [0.717, 1.165) is 37.5 Å². The molecule has 0 N–H and O–H groups in total. The monoisotopic (exact) mass is 383 g/mol. The first-order valence-electron chi connectivity index (χ1n) is 10.8. The van der Waals surface area contributed by atoms with Gasteiger partial charge in [-0.1, -0.05) is 18.6 Å². The summed E-state index contributed by atoms with van der Waals surface area (Å²) < 4.78 is 15.8. The fourth-order valence-electron chi connectivity index (χ4n) is 5.97. The third kappa shape index (κ3) is 3.72. The number of nitrogens with zero attached hydrogens (tertiary/aromatic N) is 5. The smallest absolute Gasteiger partial charge is 0.123 e. The van der Waals surface area contributed by atoms with Gasteiger partial charge >= 0.3 is 0 Å². The van der Waals surface area contributed by atoms with Crippen molar-refractivity contribution < 1.29 is 4.39 Å². The number of piperidine rings is 3. The molecule has 4 atom stereocenters. The molecule has 1 aromatic heterocycles. The molecule has 2 aromatic rings. The molecule has 0 saturated carbocycles. The Hall–Kier alpha value is -1.79. The quantitative estimate of drug-likeness (QED) is 0.796. The van der Waals surface area contributed by atoms with Crippen molar-refractivity contribution in [3.8, 4) is 0 Å². The zero-order chi connectivity index (χ0) is 18.9. The first-order chi connectivity index (χ1) is 13.8. The molecule has 0 spiro atoms. The van der Waals surface area contributed by atoms with Crippen molar-refractivity contribution in [2.45, 2.75) is 50.7 Å². The van der Waals surface area contributed by atoms with Crippen LogP contribution in [-0.2, 0) is 13.0 Å². The molecule has 3 aliphatic rings. The highest BCUT2D eigenvalue weighted by atomic mass is 19.1. The van der Waals surface area contributed by atoms with E-state index in [1.807, 2.05) is 6.07 Å². The minimum absolute atomic E-state index is 0.111. The summed E-state index contributed by atoms with van der Waals surface area (Å²) in [4.78, 5) is 5.47. The molecular formula is C22H30FN5. The lowest BCUT2D eigenvalue weighted by Crippen LogP contribution is -2.64. The molecule has 2 bridgehead atoms. The van der Waals surface area contributed by atoms with Gasteiger partial charge in [0.1, 0.15) is 18.5 Å². The van der Waals surface area contributed by atoms with Crippen LogP contribution in [0.2, 0.25) is 0 Å². The van der Waals surface area contributed by atoms with Gasteiger partial charge in [0.15, 0.2) is 0 Å². The SMILES string of the molecule is Fc1cccc(C[C@H]2[C@H]3C[C@H](CN(CCn4cnnc4)C3)[C@@H]3CCCCN32)c1. The third-order valence-corrected chi connectivity index (χ3v) is 7.17. The third-order valence-electron chi connectivity index (χ3n) is 7.17. The molecule has 3 saturated heterocycles. The second-order valence-corrected chi connectivity index (χ2v) is 8.92. The van der Waals surface area contributed by atoms with Crippen molar-refractivity contribution in [1.29, 1.82) is 0 Å². The molecule has 5 nitrogen and oxygen atoms in total. The van der Waals surface area contributed by atoms with E-state index < -0.39 is 0 Å². The predicted molar refractivity (Wildman–Crippen MR) is 106 cm³/mol. The van der Waals surface area contributed by atoms with Crippen molar-refractivity contribution in [2.24, 2.45) is 11.8 Å². The Morgan fingerprint density at radius 3 is 2.75 bits per heavy atom. The Kier molecular flexibility index (Phi) is 5.16. The summed E-state index contributed by atoms with van der Waals surface area (Å²) in [6, 6.07) is 8.49. The van der Waals surface area contributed by atoms with Gasteiger partial charge in [-0.2, -0.15) is 0 Å². The van der Waals surface area contributed by atoms with E-state index in [0.29, 0.717) is 18.0 Å². The highest BCUT2D eigenvalue weighted by Gasteiger charge is 2.46. The van der Waals surface area contributed by atoms with Crippen molar-refractivity contribution in [3.63, 3.8) is 0 Å². The first kappa shape index (κ1) is 18.3. The Morgan fingerprint density at radius 2 is 1.89 bits per heavy atom. The minimum Gasteiger partial charge on any atom is -0.319 e. The number of hydrogen-bond acceptors (Lipinski definition) is 4. The first-order valence-corrected chi connectivity index (χ1v) is 10.8. The average Bonchev–Trinajstić information content (AvgIpc) is 3.23. The molecule has 5 rings (SSSR count). The molecular weight excluding hydrogens is 353 g/mol. The van der Waals surface area contributed by atoms with E-state index in [4.69, 9.17) is 0 Å². The van der Waals surface area contributed by atoms with Crippen LogP contribution in [0.4, 0.5) is 4.39 Å². The van der Waals surface area contributed by atoms with Crippen LogP contribution < -0.4 is 0 Å². The summed E-state index contributed by atoms with van der Waals surface area (Å²) in [5, 5.41) is 7.84. The number of aromatic nitrogens is 3. The van der Waals surface area contributed by atoms with Crippen LogP contribution >= 0.6 is 0 Å². The zero-order valence-corrected chi connectivity index (χ0v) is 16.5. The standard InChI is InChI=1S/C22H30FN5/c23-20-5-3-4-17(10-20)11-22-19-12-18(21-6-1-2-7-28(21)22)13-26(14-19)8-9-27-15-24-25-16-27/h3-5,10,15-16,18-19,21-22H,1-2,6-9,11-14H2/t18-,19+,21+,22+/m1/s1. The largest absolute Gasteiger partial charge is 0.319 e. The number of fused-ring (bicyclic) bond motifs is 4. The highest BCUT2D eigenvalue weighted by Crippen LogP contribution is 2.42. The fourth-order valence-corrected chi connectivity index (χ4v) is 5.97. The van der Waals surface area contributed by atoms with E-state index in [1.165, 1.54) is 38.8 Å². The maximum absolute atomic E-state index is 13.8. The van der Waals surface area contributed by atoms with Crippen molar-refractivity contribution in [1.82, 2.24) is 24.6 Å². The Morgan fingerprint density at radius 1 is 1.04 bits per heavy atom. The lowest BCUT2D eigenvalue weighted by atomic mass is 9.71. The topological polar surface area (TPSA) is 37.2 Å². The number of hydrogen-bond donors (Lipinski definition) is 0. The van der Waals surface area contributed by atoms with Gasteiger partial charge < -0.3 is 9.47 Å². The molecule has 3 aliphatic heterocycles. The van der Waals surface area contributed by atoms with Gasteiger partial charge in [-0.15, -0.1) is 10.2 Å². The zero-order valence-electron chi connectivity index (χ0n) is 16.5. The molecule has 6 heteroatoms. The molecule has 28 heavy (non-hydrogen) atoms. The Balaban J connectivity index is 1.33. The molecule has 0 unspecified atom stereocenters. The van der Waals surface area contributed by atoms with Gasteiger partial charge in [-0.05, 0) is 61.8 Å². The van der Waals surface area contributed by atoms with Crippen molar-refractivity contribution in [2.75, 3.05) is 26.2 Å². The number of likely N-dealkylation sites (tertiary alicyclic amines) is 1. The molecule has 0 aliphatic carbocycles. The van der Waals surface area contributed by atoms with E-state index >= 15 is 0 Å². The number of rotatable bonds is 5. The predicted octanol–water partition coefficient (Wildman–Crippen LogP) is 2.83. The van der Waals surface area contributed by atoms with E-state index in [1.54, 1.807) is 24.8 Å². The lowest BCUT2D eigenvalue weighted by molar-refractivity contribution is -0.0715. The van der Waals surface area contributed by atoms with Crippen LogP contribution in [0.5, 0.6) is 0 Å². The molecule has 3 fully saturated rings. The van der Waals surface area contributed by atoms with Crippen LogP contribution in [0.15, 0.2) is 36.9 Å². The fraction of sp³-hybridized carbons (Fsp3) is 0.636. The summed E-state index contributed by atoms with van der Waals surface area (Å²) in [6.45, 7) is 5.60. The molecule has 1 aromatic carbocycles. The van der Waals surface area contributed by atoms with E-state index in [2.05, 4.69) is 30.6 Å². The van der Waals surface area contributed by atoms with Gasteiger partial charge in [0, 0.05) is 38.3 Å². The average molecular weight is 384 g/mol. The van der Waals surface area contributed by atoms with Gasteiger partial charge in [0.05, 0.1) is 0 Å². The Labute approximate surface area is 166 Å². The summed E-state index contributed by atoms with van der Waals surface area (Å²) in [5.41, 5.74) is 1.15. The van der Waals surface area contributed by atoms with Crippen LogP contribution in [0.25, 0.3) is 0 Å². The molecule has 0 radical (unpaired) electrons. The summed E-state index contributed by atoms with van der Waals surface area (Å²) in [5.74, 6) is 1.35. The van der Waals surface area contributed by atoms with Crippen LogP contribution in [0.3, 0.4) is 0 Å². The van der Waals surface area contributed by atoms with Gasteiger partial charge in [0.25, 0.3) is 0 Å². The highest BCUT2D eigenvalue weighted by molar-refractivity contribution is 5.19. The molecule has 150 valence electrons. The van der Waals surface area contributed by atoms with Gasteiger partial charge in [-0.3, -0.25) is 4.90 Å². The van der Waals surface area contributed by atoms with Crippen molar-refractivity contribution >= 4 is 0 Å². The maximum atomic E-state index is 13.8. The summed E-state index contributed by atoms with van der Waals surface area (Å²) >= 11 is 0. The minimum atomic E-state index is -0.111. The number of halogens is 1. The summed E-state index contributed by atoms with van der Waals surface area (Å²) in [6.07, 6.45) is 9.93. The van der Waals surface area contributed by atoms with Crippen LogP contribution in [0.1, 0.15) is 31.2 Å². The van der Waals surface area contributed by atoms with Crippen LogP contribution in [0, 0.1) is 17.7 Å². The van der Waals surface area contributed by atoms with E-state index in [9.17, 15) is 4.39 Å². The van der Waals surface area contributed by atoms with Gasteiger partial charge in [-0.25, -0.2) is 4.39 Å². The van der Waals surface area contributed by atoms with Crippen LogP contribution in [-0.4, -0.2) is 62.8 Å². The van der Waals surface area contributed by atoms with Crippen molar-refractivity contribution in [3.05, 3.63) is 48.3 Å². The second-order valence-electron chi connectivity index (χ2n) is 8.92. The lowest BCUT2D eigenvalue weighted by Gasteiger charge is -2.57. The molecule has 4 heterocycles. The van der Waals surface area contributed by atoms with E-state index in [-0.39, 0.29) is 5.82 Å². The normalized spacial score (nSPS) is 30.9. The van der Waals surface area contributed by atoms with Gasteiger partial charge in [0.2, 0.25) is 0 Å². The summed E-state index contributed by atoms with van der Waals surface area (Å²) in [7, 11) is 0. The second kappa shape index (κ2) is 7.91. The number of benzene rings is 1. The Bertz CT molecular complexity index is 779. The molecule has 0 amide bonds.